The van der Waals surface area contributed by atoms with Crippen molar-refractivity contribution in [3.8, 4) is 0 Å². The first-order valence-electron chi connectivity index (χ1n) is 7.20. The average molecular weight is 296 g/mol. The van der Waals surface area contributed by atoms with Gasteiger partial charge >= 0.3 is 0 Å². The van der Waals surface area contributed by atoms with E-state index in [0.717, 1.165) is 30.4 Å². The Balaban J connectivity index is 2.26. The zero-order valence-electron chi connectivity index (χ0n) is 12.4. The van der Waals surface area contributed by atoms with E-state index in [2.05, 4.69) is 17.0 Å². The fraction of sp³-hybridized carbons (Fsp3) is 0.600. The van der Waals surface area contributed by atoms with Crippen LogP contribution in [0.1, 0.15) is 37.3 Å². The van der Waals surface area contributed by atoms with Crippen LogP contribution in [-0.2, 0) is 16.6 Å². The molecule has 2 N–H and O–H groups in total. The van der Waals surface area contributed by atoms with Crippen molar-refractivity contribution in [3.05, 3.63) is 29.3 Å². The van der Waals surface area contributed by atoms with E-state index < -0.39 is 10.0 Å². The molecule has 20 heavy (non-hydrogen) atoms. The number of nitrogens with one attached hydrogen (secondary N) is 2. The Bertz CT molecular complexity index is 569. The Labute approximate surface area is 122 Å². The predicted octanol–water partition coefficient (Wildman–Crippen LogP) is 2.18. The number of hydrogen-bond acceptors (Lipinski definition) is 3. The van der Waals surface area contributed by atoms with Crippen molar-refractivity contribution >= 4 is 10.0 Å². The molecule has 5 heteroatoms. The summed E-state index contributed by atoms with van der Waals surface area (Å²) in [6.45, 7) is 4.63. The van der Waals surface area contributed by atoms with Crippen LogP contribution in [0.2, 0.25) is 0 Å². The molecular formula is C15H24N2O2S. The normalized spacial score (nSPS) is 23.1. The second kappa shape index (κ2) is 6.24. The first-order chi connectivity index (χ1) is 9.44. The van der Waals surface area contributed by atoms with Crippen LogP contribution in [0.25, 0.3) is 0 Å². The molecule has 2 atom stereocenters. The van der Waals surface area contributed by atoms with Gasteiger partial charge in [-0.1, -0.05) is 25.5 Å². The van der Waals surface area contributed by atoms with Crippen molar-refractivity contribution < 1.29 is 8.42 Å². The third kappa shape index (κ3) is 3.40. The summed E-state index contributed by atoms with van der Waals surface area (Å²) in [5, 5.41) is 3.05. The third-order valence-corrected chi connectivity index (χ3v) is 5.72. The standard InChI is InChI=1S/C15H24N2O2S/c1-11-5-4-6-14(11)17-20(18,19)15-9-13(10-16-3)8-7-12(15)2/h7-9,11,14,16-17H,4-6,10H2,1-3H3. The lowest BCUT2D eigenvalue weighted by atomic mass is 10.1. The van der Waals surface area contributed by atoms with Gasteiger partial charge in [0, 0.05) is 12.6 Å². The third-order valence-electron chi connectivity index (χ3n) is 4.09. The van der Waals surface area contributed by atoms with Gasteiger partial charge in [-0.25, -0.2) is 13.1 Å². The van der Waals surface area contributed by atoms with E-state index in [1.807, 2.05) is 26.1 Å². The summed E-state index contributed by atoms with van der Waals surface area (Å²) < 4.78 is 28.0. The molecule has 4 nitrogen and oxygen atoms in total. The van der Waals surface area contributed by atoms with E-state index in [-0.39, 0.29) is 6.04 Å². The van der Waals surface area contributed by atoms with Crippen LogP contribution in [0.3, 0.4) is 0 Å². The molecule has 0 spiro atoms. The summed E-state index contributed by atoms with van der Waals surface area (Å²) in [4.78, 5) is 0.407. The summed E-state index contributed by atoms with van der Waals surface area (Å²) in [5.74, 6) is 0.422. The van der Waals surface area contributed by atoms with Crippen LogP contribution in [0, 0.1) is 12.8 Å². The molecule has 0 radical (unpaired) electrons. The zero-order chi connectivity index (χ0) is 14.8. The number of rotatable bonds is 5. The summed E-state index contributed by atoms with van der Waals surface area (Å²) in [6, 6.07) is 5.68. The topological polar surface area (TPSA) is 58.2 Å². The lowest BCUT2D eigenvalue weighted by Gasteiger charge is -2.18. The smallest absolute Gasteiger partial charge is 0.241 e. The molecule has 1 aliphatic rings. The average Bonchev–Trinajstić information content (AvgIpc) is 2.77. The monoisotopic (exact) mass is 296 g/mol. The van der Waals surface area contributed by atoms with Crippen molar-refractivity contribution in [1.29, 1.82) is 0 Å². The summed E-state index contributed by atoms with van der Waals surface area (Å²) in [6.07, 6.45) is 3.15. The number of hydrogen-bond donors (Lipinski definition) is 2. The number of benzene rings is 1. The first-order valence-corrected chi connectivity index (χ1v) is 8.69. The molecule has 0 aromatic heterocycles. The van der Waals surface area contributed by atoms with Crippen LogP contribution in [-0.4, -0.2) is 21.5 Å². The fourth-order valence-electron chi connectivity index (χ4n) is 2.83. The van der Waals surface area contributed by atoms with E-state index in [0.29, 0.717) is 17.4 Å². The quantitative estimate of drug-likeness (QED) is 0.875. The molecule has 2 unspecified atom stereocenters. The summed E-state index contributed by atoms with van der Waals surface area (Å²) in [5.41, 5.74) is 1.78. The van der Waals surface area contributed by atoms with Gasteiger partial charge in [-0.05, 0) is 49.9 Å². The highest BCUT2D eigenvalue weighted by Gasteiger charge is 2.29. The SMILES string of the molecule is CNCc1ccc(C)c(S(=O)(=O)NC2CCCC2C)c1. The van der Waals surface area contributed by atoms with E-state index in [1.165, 1.54) is 0 Å². The lowest BCUT2D eigenvalue weighted by Crippen LogP contribution is -2.36. The number of sulfonamides is 1. The second-order valence-electron chi connectivity index (χ2n) is 5.77. The molecule has 0 heterocycles. The van der Waals surface area contributed by atoms with Gasteiger partial charge in [-0.3, -0.25) is 0 Å². The first kappa shape index (κ1) is 15.5. The van der Waals surface area contributed by atoms with Gasteiger partial charge in [-0.15, -0.1) is 0 Å². The van der Waals surface area contributed by atoms with Crippen molar-refractivity contribution in [1.82, 2.24) is 10.0 Å². The van der Waals surface area contributed by atoms with Crippen molar-refractivity contribution in [2.24, 2.45) is 5.92 Å². The summed E-state index contributed by atoms with van der Waals surface area (Å²) in [7, 11) is -1.57. The van der Waals surface area contributed by atoms with E-state index in [1.54, 1.807) is 6.07 Å². The van der Waals surface area contributed by atoms with Crippen LogP contribution in [0.5, 0.6) is 0 Å². The Morgan fingerprint density at radius 3 is 2.65 bits per heavy atom. The van der Waals surface area contributed by atoms with Crippen molar-refractivity contribution in [3.63, 3.8) is 0 Å². The van der Waals surface area contributed by atoms with E-state index in [9.17, 15) is 8.42 Å². The molecule has 2 rings (SSSR count). The molecule has 0 aliphatic heterocycles. The Morgan fingerprint density at radius 1 is 1.30 bits per heavy atom. The van der Waals surface area contributed by atoms with E-state index >= 15 is 0 Å². The minimum atomic E-state index is -3.43. The molecule has 1 saturated carbocycles. The molecule has 1 fully saturated rings. The minimum absolute atomic E-state index is 0.0763. The number of aryl methyl sites for hydroxylation is 1. The van der Waals surface area contributed by atoms with Gasteiger partial charge in [0.05, 0.1) is 4.90 Å². The molecule has 1 aromatic carbocycles. The highest BCUT2D eigenvalue weighted by atomic mass is 32.2. The maximum Gasteiger partial charge on any atom is 0.241 e. The van der Waals surface area contributed by atoms with Crippen molar-refractivity contribution in [2.75, 3.05) is 7.05 Å². The molecular weight excluding hydrogens is 272 g/mol. The zero-order valence-corrected chi connectivity index (χ0v) is 13.3. The lowest BCUT2D eigenvalue weighted by molar-refractivity contribution is 0.476. The highest BCUT2D eigenvalue weighted by Crippen LogP contribution is 2.27. The largest absolute Gasteiger partial charge is 0.316 e. The second-order valence-corrected chi connectivity index (χ2v) is 7.45. The molecule has 112 valence electrons. The Kier molecular flexibility index (Phi) is 4.83. The van der Waals surface area contributed by atoms with Gasteiger partial charge in [0.15, 0.2) is 0 Å². The van der Waals surface area contributed by atoms with Crippen LogP contribution < -0.4 is 10.0 Å². The van der Waals surface area contributed by atoms with Gasteiger partial charge in [0.1, 0.15) is 0 Å². The maximum absolute atomic E-state index is 12.6. The maximum atomic E-state index is 12.6. The van der Waals surface area contributed by atoms with Gasteiger partial charge < -0.3 is 5.32 Å². The molecule has 1 aliphatic carbocycles. The molecule has 0 amide bonds. The summed E-state index contributed by atoms with van der Waals surface area (Å²) >= 11 is 0. The molecule has 0 saturated heterocycles. The van der Waals surface area contributed by atoms with Gasteiger partial charge in [0.2, 0.25) is 10.0 Å². The molecule has 0 bridgehead atoms. The fourth-order valence-corrected chi connectivity index (χ4v) is 4.51. The van der Waals surface area contributed by atoms with Gasteiger partial charge in [0.25, 0.3) is 0 Å². The van der Waals surface area contributed by atoms with Crippen LogP contribution in [0.15, 0.2) is 23.1 Å². The van der Waals surface area contributed by atoms with E-state index in [4.69, 9.17) is 0 Å². The van der Waals surface area contributed by atoms with Crippen molar-refractivity contribution in [2.45, 2.75) is 50.6 Å². The predicted molar refractivity (Wildman–Crippen MR) is 81.1 cm³/mol. The highest BCUT2D eigenvalue weighted by molar-refractivity contribution is 7.89. The van der Waals surface area contributed by atoms with Gasteiger partial charge in [-0.2, -0.15) is 0 Å². The Hall–Kier alpha value is -0.910. The molecule has 1 aromatic rings. The minimum Gasteiger partial charge on any atom is -0.316 e. The Morgan fingerprint density at radius 2 is 2.05 bits per heavy atom. The van der Waals surface area contributed by atoms with Crippen LogP contribution in [0.4, 0.5) is 0 Å². The van der Waals surface area contributed by atoms with Crippen LogP contribution >= 0.6 is 0 Å².